The zero-order valence-electron chi connectivity index (χ0n) is 8.00. The Hall–Kier alpha value is -0.770. The number of carboxylic acids is 1. The Labute approximate surface area is 86.6 Å². The Bertz CT molecular complexity index is 345. The molecule has 1 aliphatic heterocycles. The van der Waals surface area contributed by atoms with E-state index < -0.39 is 5.97 Å². The van der Waals surface area contributed by atoms with E-state index in [1.807, 2.05) is 0 Å². The standard InChI is InChI=1S/C10H12O3S/c1-10-4-2-7(11)8(9(12)13)6(10)3-5-14-10/h2-5H2,1H3,(H,12,13)/t10-/m0/s1. The fourth-order valence-electron chi connectivity index (χ4n) is 2.24. The van der Waals surface area contributed by atoms with Gasteiger partial charge in [0.1, 0.15) is 5.57 Å². The molecule has 0 bridgehead atoms. The smallest absolute Gasteiger partial charge is 0.339 e. The predicted octanol–water partition coefficient (Wildman–Crippen LogP) is 1.63. The number of hydrogen-bond donors (Lipinski definition) is 1. The van der Waals surface area contributed by atoms with Crippen LogP contribution >= 0.6 is 11.8 Å². The normalized spacial score (nSPS) is 31.9. The van der Waals surface area contributed by atoms with Crippen LogP contribution in [-0.2, 0) is 9.59 Å². The molecule has 1 aliphatic carbocycles. The molecule has 0 saturated carbocycles. The van der Waals surface area contributed by atoms with Crippen LogP contribution in [0.5, 0.6) is 0 Å². The average Bonchev–Trinajstić information content (AvgIpc) is 2.46. The lowest BCUT2D eigenvalue weighted by molar-refractivity contribution is -0.135. The number of fused-ring (bicyclic) bond motifs is 1. The van der Waals surface area contributed by atoms with E-state index in [2.05, 4.69) is 6.92 Å². The second-order valence-electron chi connectivity index (χ2n) is 3.91. The monoisotopic (exact) mass is 212 g/mol. The van der Waals surface area contributed by atoms with Crippen LogP contribution in [-0.4, -0.2) is 27.4 Å². The molecular formula is C10H12O3S. The van der Waals surface area contributed by atoms with E-state index in [0.717, 1.165) is 24.2 Å². The van der Waals surface area contributed by atoms with E-state index in [4.69, 9.17) is 5.11 Å². The van der Waals surface area contributed by atoms with Gasteiger partial charge in [-0.3, -0.25) is 4.79 Å². The first-order chi connectivity index (χ1) is 6.54. The van der Waals surface area contributed by atoms with Gasteiger partial charge in [0.05, 0.1) is 0 Å². The minimum absolute atomic E-state index is 0.0729. The largest absolute Gasteiger partial charge is 0.478 e. The summed E-state index contributed by atoms with van der Waals surface area (Å²) >= 11 is 1.78. The van der Waals surface area contributed by atoms with Gasteiger partial charge in [0.2, 0.25) is 0 Å². The van der Waals surface area contributed by atoms with Crippen molar-refractivity contribution in [2.24, 2.45) is 0 Å². The summed E-state index contributed by atoms with van der Waals surface area (Å²) in [6.45, 7) is 2.05. The van der Waals surface area contributed by atoms with Crippen molar-refractivity contribution in [1.29, 1.82) is 0 Å². The maximum atomic E-state index is 11.5. The predicted molar refractivity (Wildman–Crippen MR) is 54.4 cm³/mol. The molecule has 3 nitrogen and oxygen atoms in total. The van der Waals surface area contributed by atoms with Crippen LogP contribution < -0.4 is 0 Å². The van der Waals surface area contributed by atoms with Crippen LogP contribution in [0.15, 0.2) is 11.1 Å². The summed E-state index contributed by atoms with van der Waals surface area (Å²) in [5.74, 6) is -0.290. The van der Waals surface area contributed by atoms with Gasteiger partial charge in [-0.25, -0.2) is 4.79 Å². The molecule has 2 aliphatic rings. The minimum Gasteiger partial charge on any atom is -0.478 e. The molecular weight excluding hydrogens is 200 g/mol. The summed E-state index contributed by atoms with van der Waals surface area (Å²) in [4.78, 5) is 22.4. The van der Waals surface area contributed by atoms with Crippen molar-refractivity contribution in [3.05, 3.63) is 11.1 Å². The molecule has 0 aromatic heterocycles. The molecule has 1 saturated heterocycles. The Kier molecular flexibility index (Phi) is 2.18. The van der Waals surface area contributed by atoms with Crippen molar-refractivity contribution in [1.82, 2.24) is 0 Å². The number of carboxylic acid groups (broad SMARTS) is 1. The topological polar surface area (TPSA) is 54.4 Å². The quantitative estimate of drug-likeness (QED) is 0.671. The average molecular weight is 212 g/mol. The summed E-state index contributed by atoms with van der Waals surface area (Å²) in [5.41, 5.74) is 0.940. The van der Waals surface area contributed by atoms with Gasteiger partial charge in [-0.2, -0.15) is 11.8 Å². The fraction of sp³-hybridized carbons (Fsp3) is 0.600. The third-order valence-corrected chi connectivity index (χ3v) is 4.53. The van der Waals surface area contributed by atoms with Crippen LogP contribution in [0, 0.1) is 0 Å². The number of carbonyl (C=O) groups is 2. The molecule has 1 atom stereocenters. The van der Waals surface area contributed by atoms with Gasteiger partial charge in [-0.1, -0.05) is 0 Å². The third-order valence-electron chi connectivity index (χ3n) is 3.03. The second kappa shape index (κ2) is 3.12. The van der Waals surface area contributed by atoms with Crippen molar-refractivity contribution >= 4 is 23.5 Å². The highest BCUT2D eigenvalue weighted by molar-refractivity contribution is 8.01. The second-order valence-corrected chi connectivity index (χ2v) is 5.51. The Morgan fingerprint density at radius 2 is 2.21 bits per heavy atom. The maximum Gasteiger partial charge on any atom is 0.339 e. The molecule has 0 spiro atoms. The van der Waals surface area contributed by atoms with Crippen LogP contribution in [0.3, 0.4) is 0 Å². The summed E-state index contributed by atoms with van der Waals surface area (Å²) < 4.78 is -0.0817. The van der Waals surface area contributed by atoms with Gasteiger partial charge in [-0.15, -0.1) is 0 Å². The number of ketones is 1. The summed E-state index contributed by atoms with van der Waals surface area (Å²) in [6.07, 6.45) is 1.94. The number of hydrogen-bond acceptors (Lipinski definition) is 3. The number of aliphatic carboxylic acids is 1. The first kappa shape index (κ1) is 9.77. The highest BCUT2D eigenvalue weighted by Gasteiger charge is 2.43. The Morgan fingerprint density at radius 1 is 1.50 bits per heavy atom. The van der Waals surface area contributed by atoms with Crippen molar-refractivity contribution in [3.8, 4) is 0 Å². The van der Waals surface area contributed by atoms with Gasteiger partial charge in [-0.05, 0) is 31.1 Å². The van der Waals surface area contributed by atoms with Gasteiger partial charge in [0.25, 0.3) is 0 Å². The molecule has 0 aromatic carbocycles. The van der Waals surface area contributed by atoms with E-state index in [0.29, 0.717) is 6.42 Å². The van der Waals surface area contributed by atoms with E-state index in [9.17, 15) is 9.59 Å². The van der Waals surface area contributed by atoms with Crippen LogP contribution in [0.4, 0.5) is 0 Å². The highest BCUT2D eigenvalue weighted by Crippen LogP contribution is 2.49. The molecule has 0 amide bonds. The van der Waals surface area contributed by atoms with Gasteiger partial charge < -0.3 is 5.11 Å². The molecule has 0 aromatic rings. The first-order valence-electron chi connectivity index (χ1n) is 4.69. The zero-order chi connectivity index (χ0) is 10.3. The molecule has 0 radical (unpaired) electrons. The molecule has 4 heteroatoms. The van der Waals surface area contributed by atoms with E-state index in [1.165, 1.54) is 0 Å². The molecule has 2 rings (SSSR count). The summed E-state index contributed by atoms with van der Waals surface area (Å²) in [7, 11) is 0. The molecule has 1 heterocycles. The summed E-state index contributed by atoms with van der Waals surface area (Å²) in [5, 5.41) is 8.98. The Balaban J connectivity index is 2.53. The third kappa shape index (κ3) is 1.29. The van der Waals surface area contributed by atoms with Crippen molar-refractivity contribution in [2.75, 3.05) is 5.75 Å². The van der Waals surface area contributed by atoms with Gasteiger partial charge >= 0.3 is 5.97 Å². The Morgan fingerprint density at radius 3 is 2.86 bits per heavy atom. The summed E-state index contributed by atoms with van der Waals surface area (Å²) in [6, 6.07) is 0. The van der Waals surface area contributed by atoms with E-state index in [1.54, 1.807) is 11.8 Å². The molecule has 0 unspecified atom stereocenters. The van der Waals surface area contributed by atoms with Crippen LogP contribution in [0.1, 0.15) is 26.2 Å². The lowest BCUT2D eigenvalue weighted by Crippen LogP contribution is -2.31. The number of carbonyl (C=O) groups excluding carboxylic acids is 1. The number of Topliss-reactive ketones (excluding diaryl/α,β-unsaturated/α-hetero) is 1. The number of rotatable bonds is 1. The van der Waals surface area contributed by atoms with Crippen molar-refractivity contribution in [2.45, 2.75) is 30.9 Å². The van der Waals surface area contributed by atoms with E-state index in [-0.39, 0.29) is 16.1 Å². The van der Waals surface area contributed by atoms with Gasteiger partial charge in [0, 0.05) is 11.2 Å². The minimum atomic E-state index is -1.04. The SMILES string of the molecule is C[C@]12CCC(=O)C(C(=O)O)=C1CCS2. The number of thioether (sulfide) groups is 1. The lowest BCUT2D eigenvalue weighted by Gasteiger charge is -2.30. The molecule has 14 heavy (non-hydrogen) atoms. The van der Waals surface area contributed by atoms with Crippen molar-refractivity contribution in [3.63, 3.8) is 0 Å². The first-order valence-corrected chi connectivity index (χ1v) is 5.67. The molecule has 1 fully saturated rings. The van der Waals surface area contributed by atoms with Gasteiger partial charge in [0.15, 0.2) is 5.78 Å². The molecule has 1 N–H and O–H groups in total. The maximum absolute atomic E-state index is 11.5. The molecule has 76 valence electrons. The highest BCUT2D eigenvalue weighted by atomic mass is 32.2. The lowest BCUT2D eigenvalue weighted by atomic mass is 9.81. The zero-order valence-corrected chi connectivity index (χ0v) is 8.82. The van der Waals surface area contributed by atoms with Crippen molar-refractivity contribution < 1.29 is 14.7 Å². The van der Waals surface area contributed by atoms with Crippen LogP contribution in [0.25, 0.3) is 0 Å². The fourth-order valence-corrected chi connectivity index (χ4v) is 3.62. The van der Waals surface area contributed by atoms with Crippen LogP contribution in [0.2, 0.25) is 0 Å². The van der Waals surface area contributed by atoms with E-state index >= 15 is 0 Å².